The first-order valence-electron chi connectivity index (χ1n) is 6.82. The molecule has 1 aliphatic heterocycles. The van der Waals surface area contributed by atoms with Gasteiger partial charge in [-0.05, 0) is 25.5 Å². The molecule has 1 aromatic carbocycles. The third-order valence-corrected chi connectivity index (χ3v) is 5.57. The summed E-state index contributed by atoms with van der Waals surface area (Å²) in [5.41, 5.74) is 0. The fourth-order valence-electron chi connectivity index (χ4n) is 1.98. The molecule has 0 N–H and O–H groups in total. The van der Waals surface area contributed by atoms with Crippen LogP contribution < -0.4 is 0 Å². The number of amides is 1. The summed E-state index contributed by atoms with van der Waals surface area (Å²) in [5, 5.41) is -0.0928. The van der Waals surface area contributed by atoms with E-state index in [1.807, 2.05) is 0 Å². The van der Waals surface area contributed by atoms with Crippen LogP contribution in [0.25, 0.3) is 0 Å². The Kier molecular flexibility index (Phi) is 5.60. The third-order valence-electron chi connectivity index (χ3n) is 3.10. The molecule has 0 aliphatic carbocycles. The molecular formula is C14H18N2O4S2. The second kappa shape index (κ2) is 7.26. The van der Waals surface area contributed by atoms with Gasteiger partial charge in [-0.3, -0.25) is 9.69 Å². The van der Waals surface area contributed by atoms with E-state index in [-0.39, 0.29) is 21.2 Å². The summed E-state index contributed by atoms with van der Waals surface area (Å²) < 4.78 is 33.4. The van der Waals surface area contributed by atoms with Crippen LogP contribution in [0.2, 0.25) is 0 Å². The minimum atomic E-state index is -3.81. The Labute approximate surface area is 134 Å². The second-order valence-corrected chi connectivity index (χ2v) is 7.67. The number of methoxy groups -OCH3 is 1. The average molecular weight is 342 g/mol. The van der Waals surface area contributed by atoms with Crippen molar-refractivity contribution >= 4 is 32.9 Å². The lowest BCUT2D eigenvalue weighted by Crippen LogP contribution is -2.33. The molecule has 22 heavy (non-hydrogen) atoms. The van der Waals surface area contributed by atoms with E-state index in [1.165, 1.54) is 28.8 Å². The largest absolute Gasteiger partial charge is 0.385 e. The van der Waals surface area contributed by atoms with E-state index in [0.29, 0.717) is 19.6 Å². The van der Waals surface area contributed by atoms with Gasteiger partial charge in [0.2, 0.25) is 5.91 Å². The van der Waals surface area contributed by atoms with Gasteiger partial charge in [0.25, 0.3) is 10.0 Å². The van der Waals surface area contributed by atoms with E-state index >= 15 is 0 Å². The van der Waals surface area contributed by atoms with Crippen LogP contribution in [-0.2, 0) is 19.6 Å². The van der Waals surface area contributed by atoms with Crippen molar-refractivity contribution in [1.82, 2.24) is 4.90 Å². The summed E-state index contributed by atoms with van der Waals surface area (Å²) in [7, 11) is -2.23. The number of thioether (sulfide) groups is 1. The Morgan fingerprint density at radius 1 is 1.32 bits per heavy atom. The quantitative estimate of drug-likeness (QED) is 0.736. The molecule has 6 nitrogen and oxygen atoms in total. The maximum Gasteiger partial charge on any atom is 0.284 e. The van der Waals surface area contributed by atoms with Crippen LogP contribution in [0.3, 0.4) is 0 Å². The maximum atomic E-state index is 12.3. The minimum Gasteiger partial charge on any atom is -0.385 e. The number of rotatable bonds is 6. The predicted octanol–water partition coefficient (Wildman–Crippen LogP) is 1.73. The number of sulfonamides is 1. The van der Waals surface area contributed by atoms with Crippen LogP contribution in [0, 0.1) is 0 Å². The Morgan fingerprint density at radius 3 is 2.64 bits per heavy atom. The van der Waals surface area contributed by atoms with Gasteiger partial charge in [-0.15, -0.1) is 4.40 Å². The Morgan fingerprint density at radius 2 is 2.00 bits per heavy atom. The summed E-state index contributed by atoms with van der Waals surface area (Å²) in [6, 6.07) is 7.98. The summed E-state index contributed by atoms with van der Waals surface area (Å²) in [4.78, 5) is 13.7. The van der Waals surface area contributed by atoms with E-state index in [1.54, 1.807) is 32.2 Å². The minimum absolute atomic E-state index is 0.118. The lowest BCUT2D eigenvalue weighted by molar-refractivity contribution is -0.126. The van der Waals surface area contributed by atoms with Crippen molar-refractivity contribution in [3.8, 4) is 0 Å². The predicted molar refractivity (Wildman–Crippen MR) is 86.3 cm³/mol. The van der Waals surface area contributed by atoms with Crippen LogP contribution >= 0.6 is 11.8 Å². The average Bonchev–Trinajstić information content (AvgIpc) is 2.75. The number of ether oxygens (including phenoxy) is 1. The molecule has 0 aromatic heterocycles. The highest BCUT2D eigenvalue weighted by molar-refractivity contribution is 8.16. The first-order chi connectivity index (χ1) is 10.5. The smallest absolute Gasteiger partial charge is 0.284 e. The monoisotopic (exact) mass is 342 g/mol. The number of hydrogen-bond donors (Lipinski definition) is 0. The highest BCUT2D eigenvalue weighted by Crippen LogP contribution is 2.28. The lowest BCUT2D eigenvalue weighted by Gasteiger charge is -2.15. The van der Waals surface area contributed by atoms with Gasteiger partial charge in [0.05, 0.1) is 10.1 Å². The summed E-state index contributed by atoms with van der Waals surface area (Å²) in [5.74, 6) is -0.122. The number of benzene rings is 1. The van der Waals surface area contributed by atoms with E-state index in [0.717, 1.165) is 0 Å². The van der Waals surface area contributed by atoms with Crippen LogP contribution in [0.1, 0.15) is 13.3 Å². The topological polar surface area (TPSA) is 76.0 Å². The first-order valence-corrected chi connectivity index (χ1v) is 9.14. The number of amidine groups is 1. The molecule has 1 fully saturated rings. The van der Waals surface area contributed by atoms with Crippen molar-refractivity contribution in [3.63, 3.8) is 0 Å². The fraction of sp³-hybridized carbons (Fsp3) is 0.429. The van der Waals surface area contributed by atoms with Gasteiger partial charge in [-0.1, -0.05) is 30.0 Å². The molecule has 0 spiro atoms. The molecule has 1 aromatic rings. The van der Waals surface area contributed by atoms with Crippen LogP contribution in [0.5, 0.6) is 0 Å². The maximum absolute atomic E-state index is 12.3. The van der Waals surface area contributed by atoms with Crippen LogP contribution in [-0.4, -0.2) is 49.9 Å². The number of carbonyl (C=O) groups is 1. The molecule has 2 rings (SSSR count). The van der Waals surface area contributed by atoms with Gasteiger partial charge < -0.3 is 4.74 Å². The van der Waals surface area contributed by atoms with Gasteiger partial charge >= 0.3 is 0 Å². The SMILES string of the molecule is COCCCN1C(=O)C(C)SC1=NS(=O)(=O)c1ccccc1. The van der Waals surface area contributed by atoms with Crippen molar-refractivity contribution in [2.45, 2.75) is 23.5 Å². The van der Waals surface area contributed by atoms with E-state index in [9.17, 15) is 13.2 Å². The molecule has 0 bridgehead atoms. The molecule has 8 heteroatoms. The molecule has 1 unspecified atom stereocenters. The summed E-state index contributed by atoms with van der Waals surface area (Å²) in [6.07, 6.45) is 0.625. The molecule has 120 valence electrons. The molecule has 1 saturated heterocycles. The summed E-state index contributed by atoms with van der Waals surface area (Å²) >= 11 is 1.17. The van der Waals surface area contributed by atoms with Crippen molar-refractivity contribution in [2.75, 3.05) is 20.3 Å². The molecule has 0 radical (unpaired) electrons. The lowest BCUT2D eigenvalue weighted by atomic mass is 10.3. The van der Waals surface area contributed by atoms with Crippen molar-refractivity contribution in [1.29, 1.82) is 0 Å². The van der Waals surface area contributed by atoms with Crippen molar-refractivity contribution in [3.05, 3.63) is 30.3 Å². The Bertz CT molecular complexity index is 659. The van der Waals surface area contributed by atoms with Crippen molar-refractivity contribution in [2.24, 2.45) is 4.40 Å². The zero-order valence-electron chi connectivity index (χ0n) is 12.4. The highest BCUT2D eigenvalue weighted by Gasteiger charge is 2.36. The Hall–Kier alpha value is -1.38. The highest BCUT2D eigenvalue weighted by atomic mass is 32.2. The number of carbonyl (C=O) groups excluding carboxylic acids is 1. The van der Waals surface area contributed by atoms with E-state index in [4.69, 9.17) is 4.74 Å². The van der Waals surface area contributed by atoms with Gasteiger partial charge in [0.1, 0.15) is 0 Å². The standard InChI is InChI=1S/C14H18N2O4S2/c1-11-13(17)16(9-6-10-20-2)14(21-11)15-22(18,19)12-7-4-3-5-8-12/h3-5,7-8,11H,6,9-10H2,1-2H3. The van der Waals surface area contributed by atoms with E-state index in [2.05, 4.69) is 4.40 Å². The number of hydrogen-bond acceptors (Lipinski definition) is 5. The van der Waals surface area contributed by atoms with Crippen LogP contribution in [0.15, 0.2) is 39.6 Å². The molecule has 1 heterocycles. The molecule has 0 saturated carbocycles. The first kappa shape index (κ1) is 17.0. The molecular weight excluding hydrogens is 324 g/mol. The fourth-order valence-corrected chi connectivity index (χ4v) is 4.21. The zero-order valence-corrected chi connectivity index (χ0v) is 14.1. The van der Waals surface area contributed by atoms with Gasteiger partial charge in [0, 0.05) is 20.3 Å². The molecule has 1 amide bonds. The van der Waals surface area contributed by atoms with E-state index < -0.39 is 10.0 Å². The molecule has 1 atom stereocenters. The Balaban J connectivity index is 2.26. The van der Waals surface area contributed by atoms with Gasteiger partial charge in [-0.25, -0.2) is 0 Å². The van der Waals surface area contributed by atoms with Crippen LogP contribution in [0.4, 0.5) is 0 Å². The number of nitrogens with zero attached hydrogens (tertiary/aromatic N) is 2. The third kappa shape index (κ3) is 3.88. The molecule has 1 aliphatic rings. The van der Waals surface area contributed by atoms with Gasteiger partial charge in [-0.2, -0.15) is 8.42 Å². The van der Waals surface area contributed by atoms with Gasteiger partial charge in [0.15, 0.2) is 5.17 Å². The second-order valence-electron chi connectivity index (χ2n) is 4.76. The zero-order chi connectivity index (χ0) is 16.2. The van der Waals surface area contributed by atoms with Crippen molar-refractivity contribution < 1.29 is 17.9 Å². The summed E-state index contributed by atoms with van der Waals surface area (Å²) in [6.45, 7) is 2.64. The normalized spacial score (nSPS) is 20.8.